The zero-order valence-corrected chi connectivity index (χ0v) is 16.9. The van der Waals surface area contributed by atoms with Crippen LogP contribution in [0.15, 0.2) is 55.1 Å². The molecule has 7 nitrogen and oxygen atoms in total. The molecule has 0 bridgehead atoms. The zero-order valence-electron chi connectivity index (χ0n) is 16.9. The van der Waals surface area contributed by atoms with Gasteiger partial charge >= 0.3 is 0 Å². The molecule has 2 aliphatic heterocycles. The van der Waals surface area contributed by atoms with Gasteiger partial charge in [-0.25, -0.2) is 9.67 Å². The Morgan fingerprint density at radius 1 is 0.967 bits per heavy atom. The van der Waals surface area contributed by atoms with Gasteiger partial charge in [0.1, 0.15) is 18.4 Å². The molecule has 1 amide bonds. The average Bonchev–Trinajstić information content (AvgIpc) is 3.46. The standard InChI is InChI=1S/C23H25N5O2/c29-23(20-4-1-18(2-5-20)15-28-17-24-16-25-28)27-10-8-26(9-11-27)14-19-3-6-22-21(13-19)7-12-30-22/h1-6,13,16-17H,7-12,14-15H2. The van der Waals surface area contributed by atoms with Crippen LogP contribution in [-0.2, 0) is 19.5 Å². The Bertz CT molecular complexity index is 1010. The summed E-state index contributed by atoms with van der Waals surface area (Å²) in [6.45, 7) is 5.67. The summed E-state index contributed by atoms with van der Waals surface area (Å²) in [7, 11) is 0. The normalized spacial score (nSPS) is 16.3. The molecule has 0 spiro atoms. The summed E-state index contributed by atoms with van der Waals surface area (Å²) in [6.07, 6.45) is 4.22. The third kappa shape index (κ3) is 4.07. The van der Waals surface area contributed by atoms with E-state index in [1.807, 2.05) is 29.2 Å². The predicted molar refractivity (Wildman–Crippen MR) is 112 cm³/mol. The van der Waals surface area contributed by atoms with Crippen LogP contribution in [0.5, 0.6) is 5.75 Å². The molecule has 0 N–H and O–H groups in total. The summed E-state index contributed by atoms with van der Waals surface area (Å²) >= 11 is 0. The van der Waals surface area contributed by atoms with Gasteiger partial charge in [-0.1, -0.05) is 24.3 Å². The molecule has 2 aliphatic rings. The van der Waals surface area contributed by atoms with Gasteiger partial charge in [0.15, 0.2) is 0 Å². The van der Waals surface area contributed by atoms with Crippen molar-refractivity contribution in [3.8, 4) is 5.75 Å². The van der Waals surface area contributed by atoms with Gasteiger partial charge in [0, 0.05) is 44.7 Å². The Morgan fingerprint density at radius 2 is 1.77 bits per heavy atom. The van der Waals surface area contributed by atoms with Crippen molar-refractivity contribution < 1.29 is 9.53 Å². The number of piperazine rings is 1. The lowest BCUT2D eigenvalue weighted by Crippen LogP contribution is -2.48. The van der Waals surface area contributed by atoms with E-state index in [-0.39, 0.29) is 5.91 Å². The number of aromatic nitrogens is 3. The molecule has 1 saturated heterocycles. The Kier molecular flexibility index (Phi) is 5.19. The highest BCUT2D eigenvalue weighted by Crippen LogP contribution is 2.26. The predicted octanol–water partition coefficient (Wildman–Crippen LogP) is 2.22. The Hall–Kier alpha value is -3.19. The first-order valence-corrected chi connectivity index (χ1v) is 10.4. The highest BCUT2D eigenvalue weighted by atomic mass is 16.5. The van der Waals surface area contributed by atoms with Gasteiger partial charge in [0.05, 0.1) is 13.2 Å². The smallest absolute Gasteiger partial charge is 0.253 e. The van der Waals surface area contributed by atoms with Crippen LogP contribution in [0.4, 0.5) is 0 Å². The number of hydrogen-bond acceptors (Lipinski definition) is 5. The third-order valence-corrected chi connectivity index (χ3v) is 5.83. The van der Waals surface area contributed by atoms with E-state index in [0.29, 0.717) is 6.54 Å². The molecule has 2 aromatic carbocycles. The third-order valence-electron chi connectivity index (χ3n) is 5.83. The van der Waals surface area contributed by atoms with Crippen LogP contribution in [0.1, 0.15) is 27.0 Å². The second-order valence-electron chi connectivity index (χ2n) is 7.90. The van der Waals surface area contributed by atoms with Crippen molar-refractivity contribution in [1.82, 2.24) is 24.6 Å². The van der Waals surface area contributed by atoms with Crippen molar-refractivity contribution in [2.45, 2.75) is 19.5 Å². The average molecular weight is 403 g/mol. The summed E-state index contributed by atoms with van der Waals surface area (Å²) < 4.78 is 7.36. The topological polar surface area (TPSA) is 63.5 Å². The molecule has 0 aliphatic carbocycles. The lowest BCUT2D eigenvalue weighted by atomic mass is 10.1. The minimum atomic E-state index is 0.108. The highest BCUT2D eigenvalue weighted by Gasteiger charge is 2.22. The van der Waals surface area contributed by atoms with Crippen molar-refractivity contribution in [2.24, 2.45) is 0 Å². The Balaban J connectivity index is 1.15. The molecule has 5 rings (SSSR count). The van der Waals surface area contributed by atoms with Gasteiger partial charge in [0.2, 0.25) is 0 Å². The van der Waals surface area contributed by atoms with Crippen molar-refractivity contribution >= 4 is 5.91 Å². The number of carbonyl (C=O) groups is 1. The van der Waals surface area contributed by atoms with E-state index >= 15 is 0 Å². The van der Waals surface area contributed by atoms with Crippen LogP contribution in [0.3, 0.4) is 0 Å². The Labute approximate surface area is 175 Å². The summed E-state index contributed by atoms with van der Waals surface area (Å²) in [6, 6.07) is 14.3. The lowest BCUT2D eigenvalue weighted by molar-refractivity contribution is 0.0628. The summed E-state index contributed by atoms with van der Waals surface area (Å²) in [5.41, 5.74) is 4.47. The largest absolute Gasteiger partial charge is 0.493 e. The molecule has 154 valence electrons. The number of ether oxygens (including phenoxy) is 1. The summed E-state index contributed by atoms with van der Waals surface area (Å²) in [4.78, 5) is 21.2. The number of fused-ring (bicyclic) bond motifs is 1. The molecule has 30 heavy (non-hydrogen) atoms. The van der Waals surface area contributed by atoms with Crippen LogP contribution in [0.25, 0.3) is 0 Å². The van der Waals surface area contributed by atoms with Crippen LogP contribution in [-0.4, -0.2) is 63.3 Å². The van der Waals surface area contributed by atoms with Crippen LogP contribution >= 0.6 is 0 Å². The highest BCUT2D eigenvalue weighted by molar-refractivity contribution is 5.94. The van der Waals surface area contributed by atoms with Gasteiger partial charge < -0.3 is 9.64 Å². The van der Waals surface area contributed by atoms with E-state index in [9.17, 15) is 4.79 Å². The maximum Gasteiger partial charge on any atom is 0.253 e. The first-order valence-electron chi connectivity index (χ1n) is 10.4. The minimum absolute atomic E-state index is 0.108. The monoisotopic (exact) mass is 403 g/mol. The van der Waals surface area contributed by atoms with Gasteiger partial charge in [-0.15, -0.1) is 0 Å². The molecule has 0 saturated carbocycles. The molecule has 7 heteroatoms. The first kappa shape index (κ1) is 18.8. The SMILES string of the molecule is O=C(c1ccc(Cn2cncn2)cc1)N1CCN(Cc2ccc3c(c2)CCO3)CC1. The van der Waals surface area contributed by atoms with E-state index in [4.69, 9.17) is 4.74 Å². The van der Waals surface area contributed by atoms with Crippen LogP contribution < -0.4 is 4.74 Å². The molecular formula is C23H25N5O2. The van der Waals surface area contributed by atoms with Crippen LogP contribution in [0, 0.1) is 0 Å². The van der Waals surface area contributed by atoms with Crippen molar-refractivity contribution in [3.05, 3.63) is 77.4 Å². The molecule has 0 radical (unpaired) electrons. The van der Waals surface area contributed by atoms with E-state index in [1.165, 1.54) is 17.5 Å². The number of rotatable bonds is 5. The van der Waals surface area contributed by atoms with Crippen molar-refractivity contribution in [2.75, 3.05) is 32.8 Å². The van der Waals surface area contributed by atoms with Crippen LogP contribution in [0.2, 0.25) is 0 Å². The number of amides is 1. The lowest BCUT2D eigenvalue weighted by Gasteiger charge is -2.35. The summed E-state index contributed by atoms with van der Waals surface area (Å²) in [5.74, 6) is 1.14. The molecule has 0 atom stereocenters. The second-order valence-corrected chi connectivity index (χ2v) is 7.90. The molecule has 0 unspecified atom stereocenters. The fourth-order valence-corrected chi connectivity index (χ4v) is 4.14. The van der Waals surface area contributed by atoms with Crippen molar-refractivity contribution in [3.63, 3.8) is 0 Å². The van der Waals surface area contributed by atoms with Gasteiger partial charge in [-0.3, -0.25) is 9.69 Å². The molecule has 1 fully saturated rings. The zero-order chi connectivity index (χ0) is 20.3. The van der Waals surface area contributed by atoms with E-state index in [0.717, 1.165) is 62.6 Å². The van der Waals surface area contributed by atoms with E-state index in [2.05, 4.69) is 33.2 Å². The molecule has 1 aromatic heterocycles. The fourth-order valence-electron chi connectivity index (χ4n) is 4.14. The van der Waals surface area contributed by atoms with Gasteiger partial charge in [-0.05, 0) is 34.9 Å². The minimum Gasteiger partial charge on any atom is -0.493 e. The second kappa shape index (κ2) is 8.28. The number of nitrogens with zero attached hydrogens (tertiary/aromatic N) is 5. The van der Waals surface area contributed by atoms with E-state index < -0.39 is 0 Å². The number of benzene rings is 2. The first-order chi connectivity index (χ1) is 14.7. The van der Waals surface area contributed by atoms with Crippen molar-refractivity contribution in [1.29, 1.82) is 0 Å². The number of hydrogen-bond donors (Lipinski definition) is 0. The maximum atomic E-state index is 12.9. The number of carbonyl (C=O) groups excluding carboxylic acids is 1. The Morgan fingerprint density at radius 3 is 2.53 bits per heavy atom. The van der Waals surface area contributed by atoms with Gasteiger partial charge in [-0.2, -0.15) is 5.10 Å². The quantitative estimate of drug-likeness (QED) is 0.654. The summed E-state index contributed by atoms with van der Waals surface area (Å²) in [5, 5.41) is 4.12. The fraction of sp³-hybridized carbons (Fsp3) is 0.348. The molecule has 3 heterocycles. The van der Waals surface area contributed by atoms with E-state index in [1.54, 1.807) is 11.0 Å². The molecular weight excluding hydrogens is 378 g/mol. The molecule has 3 aromatic rings. The maximum absolute atomic E-state index is 12.9. The van der Waals surface area contributed by atoms with Gasteiger partial charge in [0.25, 0.3) is 5.91 Å².